The van der Waals surface area contributed by atoms with E-state index in [4.69, 9.17) is 10.4 Å². The van der Waals surface area contributed by atoms with Crippen molar-refractivity contribution >= 4 is 44.4 Å². The number of nitrogens with zero attached hydrogens (tertiary/aromatic N) is 1. The Bertz CT molecular complexity index is 840. The topological polar surface area (TPSA) is 95.9 Å². The molecule has 0 spiro atoms. The predicted molar refractivity (Wildman–Crippen MR) is 136 cm³/mol. The molecule has 2 aromatic rings. The summed E-state index contributed by atoms with van der Waals surface area (Å²) in [6.45, 7) is 8.00. The normalized spacial score (nSPS) is 12.5. The molecule has 4 N–H and O–H groups in total. The summed E-state index contributed by atoms with van der Waals surface area (Å²) in [5.41, 5.74) is 7.19. The van der Waals surface area contributed by atoms with E-state index >= 15 is 0 Å². The number of oxime groups is 1. The molecule has 0 aliphatic heterocycles. The minimum absolute atomic E-state index is 0.866. The number of halogens is 2. The fourth-order valence-electron chi connectivity index (χ4n) is 3.67. The van der Waals surface area contributed by atoms with Gasteiger partial charge in [-0.05, 0) is 78.5 Å². The number of carbonyl (C=O) groups is 1. The van der Waals surface area contributed by atoms with E-state index in [-0.39, 0.29) is 0 Å². The van der Waals surface area contributed by atoms with Crippen LogP contribution in [0.5, 0.6) is 0 Å². The van der Waals surface area contributed by atoms with Crippen LogP contribution in [0.4, 0.5) is 0 Å². The van der Waals surface area contributed by atoms with Gasteiger partial charge in [0.05, 0.1) is 6.21 Å². The van der Waals surface area contributed by atoms with Gasteiger partial charge >= 0.3 is 0 Å². The number of aldehydes is 1. The molecule has 7 heteroatoms. The molecular weight excluding hydrogens is 524 g/mol. The lowest BCUT2D eigenvalue weighted by atomic mass is 10.0. The van der Waals surface area contributed by atoms with Crippen LogP contribution in [0.3, 0.4) is 0 Å². The second-order valence-corrected chi connectivity index (χ2v) is 7.97. The highest BCUT2D eigenvalue weighted by Gasteiger charge is 2.17. The van der Waals surface area contributed by atoms with Crippen LogP contribution < -0.4 is 5.90 Å². The van der Waals surface area contributed by atoms with Crippen LogP contribution in [-0.4, -0.2) is 22.9 Å². The maximum Gasteiger partial charge on any atom is 0.150 e. The van der Waals surface area contributed by atoms with Crippen molar-refractivity contribution in [1.82, 2.24) is 0 Å². The quantitative estimate of drug-likeness (QED) is 0.162. The molecule has 0 atom stereocenters. The highest BCUT2D eigenvalue weighted by atomic mass is 79.9. The molecule has 0 fully saturated rings. The Morgan fingerprint density at radius 3 is 1.58 bits per heavy atom. The molecule has 172 valence electrons. The first-order valence-electron chi connectivity index (χ1n) is 10.6. The summed E-state index contributed by atoms with van der Waals surface area (Å²) in [5, 5.41) is 18.1. The van der Waals surface area contributed by atoms with E-state index in [1.807, 2.05) is 52.0 Å². The summed E-state index contributed by atoms with van der Waals surface area (Å²) in [5.74, 6) is 3.50. The van der Waals surface area contributed by atoms with E-state index in [9.17, 15) is 4.79 Å². The summed E-state index contributed by atoms with van der Waals surface area (Å²) in [4.78, 5) is 10.7. The Balaban J connectivity index is 0.000000470. The molecule has 0 unspecified atom stereocenters. The van der Waals surface area contributed by atoms with Gasteiger partial charge in [0.1, 0.15) is 6.29 Å². The summed E-state index contributed by atoms with van der Waals surface area (Å²) in [6, 6.07) is 7.85. The van der Waals surface area contributed by atoms with Gasteiger partial charge in [0, 0.05) is 14.5 Å². The van der Waals surface area contributed by atoms with Crippen LogP contribution in [-0.2, 0) is 25.7 Å². The lowest BCUT2D eigenvalue weighted by molar-refractivity contribution is 0.112. The van der Waals surface area contributed by atoms with Gasteiger partial charge in [-0.3, -0.25) is 4.79 Å². The molecule has 5 nitrogen and oxygen atoms in total. The largest absolute Gasteiger partial charge is 0.411 e. The first-order valence-corrected chi connectivity index (χ1v) is 12.2. The van der Waals surface area contributed by atoms with Gasteiger partial charge < -0.3 is 10.4 Å². The fraction of sp³-hybridized carbons (Fsp3) is 0.417. The molecule has 2 aromatic carbocycles. The van der Waals surface area contributed by atoms with E-state index in [0.29, 0.717) is 0 Å². The van der Waals surface area contributed by atoms with E-state index in [1.54, 1.807) is 0 Å². The van der Waals surface area contributed by atoms with E-state index in [0.717, 1.165) is 47.6 Å². The Labute approximate surface area is 203 Å². The smallest absolute Gasteiger partial charge is 0.150 e. The molecule has 2 aliphatic carbocycles. The zero-order chi connectivity index (χ0) is 23.8. The standard InChI is InChI=1S/C10H10BrNO.C10H9BrO.2C2H6.H3NO/c11-10-5-4-7(6-12-13)8-2-1-3-9(8)10;11-10-5-4-7(6-12)8-2-1-3-9(8)10;3*1-2/h4-6,13H,1-3H2;4-6H,1-3H2;2*1-2H3;2H,1H2/b12-6-;;;;. The zero-order valence-corrected chi connectivity index (χ0v) is 22.0. The third-order valence-electron chi connectivity index (χ3n) is 4.85. The number of hydrogen-bond donors (Lipinski definition) is 3. The van der Waals surface area contributed by atoms with Crippen molar-refractivity contribution in [2.75, 3.05) is 0 Å². The van der Waals surface area contributed by atoms with Crippen LogP contribution in [0.1, 0.15) is 78.7 Å². The molecule has 0 saturated carbocycles. The van der Waals surface area contributed by atoms with Crippen LogP contribution in [0.25, 0.3) is 0 Å². The van der Waals surface area contributed by atoms with Crippen LogP contribution in [0.2, 0.25) is 0 Å². The van der Waals surface area contributed by atoms with E-state index in [1.165, 1.54) is 45.8 Å². The van der Waals surface area contributed by atoms with Crippen molar-refractivity contribution in [3.8, 4) is 0 Å². The molecule has 0 amide bonds. The lowest BCUT2D eigenvalue weighted by Gasteiger charge is -2.04. The Morgan fingerprint density at radius 1 is 0.774 bits per heavy atom. The first kappa shape index (κ1) is 29.5. The Hall–Kier alpha value is -1.54. The van der Waals surface area contributed by atoms with Gasteiger partial charge in [0.25, 0.3) is 0 Å². The minimum atomic E-state index is 0.866. The number of hydrogen-bond acceptors (Lipinski definition) is 5. The summed E-state index contributed by atoms with van der Waals surface area (Å²) < 4.78 is 2.33. The summed E-state index contributed by atoms with van der Waals surface area (Å²) in [6.07, 6.45) is 9.23. The number of fused-ring (bicyclic) bond motifs is 2. The summed E-state index contributed by atoms with van der Waals surface area (Å²) >= 11 is 7.02. The molecular formula is C24H34Br2N2O3. The minimum Gasteiger partial charge on any atom is -0.411 e. The number of rotatable bonds is 2. The Morgan fingerprint density at radius 2 is 1.16 bits per heavy atom. The molecule has 0 aromatic heterocycles. The SMILES string of the molecule is CC.CC.NO.O/N=C\c1ccc(Br)c2c1CCC2.O=Cc1ccc(Br)c2c1CCC2. The first-order chi connectivity index (χ1) is 15.2. The monoisotopic (exact) mass is 556 g/mol. The number of benzene rings is 2. The van der Waals surface area contributed by atoms with Gasteiger partial charge in [-0.2, -0.15) is 0 Å². The van der Waals surface area contributed by atoms with Crippen molar-refractivity contribution < 1.29 is 15.2 Å². The summed E-state index contributed by atoms with van der Waals surface area (Å²) in [7, 11) is 0. The van der Waals surface area contributed by atoms with Gasteiger partial charge in [0.15, 0.2) is 0 Å². The molecule has 2 aliphatic rings. The average Bonchev–Trinajstić information content (AvgIpc) is 3.52. The van der Waals surface area contributed by atoms with E-state index < -0.39 is 0 Å². The predicted octanol–water partition coefficient (Wildman–Crippen LogP) is 6.88. The maximum atomic E-state index is 10.7. The highest BCUT2D eigenvalue weighted by Crippen LogP contribution is 2.31. The van der Waals surface area contributed by atoms with Gasteiger partial charge in [-0.15, -0.1) is 0 Å². The highest BCUT2D eigenvalue weighted by molar-refractivity contribution is 9.10. The molecule has 0 saturated heterocycles. The average molecular weight is 558 g/mol. The fourth-order valence-corrected chi connectivity index (χ4v) is 4.81. The molecule has 0 radical (unpaired) electrons. The number of carbonyl (C=O) groups excluding carboxylic acids is 1. The second kappa shape index (κ2) is 17.1. The zero-order valence-electron chi connectivity index (χ0n) is 18.8. The molecule has 31 heavy (non-hydrogen) atoms. The van der Waals surface area contributed by atoms with Crippen LogP contribution >= 0.6 is 31.9 Å². The third kappa shape index (κ3) is 8.15. The van der Waals surface area contributed by atoms with Crippen molar-refractivity contribution in [3.05, 3.63) is 66.6 Å². The Kier molecular flexibility index (Phi) is 16.2. The van der Waals surface area contributed by atoms with Crippen molar-refractivity contribution in [1.29, 1.82) is 0 Å². The van der Waals surface area contributed by atoms with Crippen molar-refractivity contribution in [2.24, 2.45) is 11.1 Å². The van der Waals surface area contributed by atoms with Crippen molar-refractivity contribution in [3.63, 3.8) is 0 Å². The second-order valence-electron chi connectivity index (χ2n) is 6.26. The third-order valence-corrected chi connectivity index (χ3v) is 6.34. The number of nitrogens with two attached hydrogens (primary N) is 1. The molecule has 4 rings (SSSR count). The molecule has 0 bridgehead atoms. The lowest BCUT2D eigenvalue weighted by Crippen LogP contribution is -1.92. The maximum absolute atomic E-state index is 10.7. The van der Waals surface area contributed by atoms with Crippen LogP contribution in [0, 0.1) is 0 Å². The molecule has 0 heterocycles. The van der Waals surface area contributed by atoms with E-state index in [2.05, 4.69) is 42.9 Å². The van der Waals surface area contributed by atoms with Gasteiger partial charge in [-0.1, -0.05) is 76.8 Å². The van der Waals surface area contributed by atoms with Gasteiger partial charge in [0.2, 0.25) is 0 Å². The van der Waals surface area contributed by atoms with Gasteiger partial charge in [-0.25, -0.2) is 5.90 Å². The van der Waals surface area contributed by atoms with Crippen LogP contribution in [0.15, 0.2) is 38.4 Å². The van der Waals surface area contributed by atoms with Crippen molar-refractivity contribution in [2.45, 2.75) is 66.2 Å².